The Hall–Kier alpha value is -2.06. The minimum absolute atomic E-state index is 0. The molecule has 52 heavy (non-hydrogen) atoms. The van der Waals surface area contributed by atoms with Gasteiger partial charge in [-0.3, -0.25) is 0 Å². The molecule has 0 bridgehead atoms. The first-order valence-corrected chi connectivity index (χ1v) is 22.4. The molecule has 11 heteroatoms. The van der Waals surface area contributed by atoms with E-state index in [1.807, 2.05) is 49.9 Å². The molecule has 2 atom stereocenters. The van der Waals surface area contributed by atoms with Gasteiger partial charge in [0, 0.05) is 5.75 Å². The van der Waals surface area contributed by atoms with Crippen molar-refractivity contribution in [3.8, 4) is 0 Å². The molecule has 1 saturated carbocycles. The van der Waals surface area contributed by atoms with E-state index in [-0.39, 0.29) is 19.5 Å². The minimum atomic E-state index is -10.7. The second kappa shape index (κ2) is 21.7. The monoisotopic (exact) mass is 876 g/mol. The Labute approximate surface area is 326 Å². The van der Waals surface area contributed by atoms with Crippen molar-refractivity contribution in [3.63, 3.8) is 0 Å². The van der Waals surface area contributed by atoms with Crippen molar-refractivity contribution in [1.82, 2.24) is 0 Å². The zero-order valence-corrected chi connectivity index (χ0v) is 34.3. The summed E-state index contributed by atoms with van der Waals surface area (Å²) in [5.74, 6) is 1.13. The van der Waals surface area contributed by atoms with E-state index in [2.05, 4.69) is 166 Å². The van der Waals surface area contributed by atoms with Crippen LogP contribution in [0.2, 0.25) is 0 Å². The topological polar surface area (TPSA) is 0 Å². The van der Waals surface area contributed by atoms with Gasteiger partial charge in [0.1, 0.15) is 0 Å². The van der Waals surface area contributed by atoms with E-state index in [1.54, 1.807) is 0 Å². The van der Waals surface area contributed by atoms with E-state index in [0.717, 1.165) is 5.75 Å². The van der Waals surface area contributed by atoms with Gasteiger partial charge in [-0.25, -0.2) is 0 Å². The van der Waals surface area contributed by atoms with Crippen molar-refractivity contribution in [3.05, 3.63) is 189 Å². The van der Waals surface area contributed by atoms with Crippen molar-refractivity contribution in [2.24, 2.45) is 0 Å². The molecule has 0 N–H and O–H groups in total. The van der Waals surface area contributed by atoms with Crippen LogP contribution in [0, 0.1) is 32.1 Å². The molecule has 1 aliphatic rings. The maximum Gasteiger partial charge on any atom is 2.00 e. The Morgan fingerprint density at radius 1 is 0.442 bits per heavy atom. The van der Waals surface area contributed by atoms with Crippen LogP contribution in [0.15, 0.2) is 152 Å². The van der Waals surface area contributed by atoms with E-state index in [1.165, 1.54) is 26.8 Å². The molecule has 5 radical (unpaired) electrons. The fourth-order valence-electron chi connectivity index (χ4n) is 5.09. The summed E-state index contributed by atoms with van der Waals surface area (Å²) >= 11 is 1.85. The van der Waals surface area contributed by atoms with Gasteiger partial charge < -0.3 is 0 Å². The van der Waals surface area contributed by atoms with Crippen LogP contribution in [0.4, 0.5) is 25.2 Å². The maximum absolute atomic E-state index is 10.7. The largest absolute Gasteiger partial charge is 2.00 e. The second-order valence-corrected chi connectivity index (χ2v) is 19.4. The van der Waals surface area contributed by atoms with Crippen LogP contribution in [0.1, 0.15) is 19.4 Å². The van der Waals surface area contributed by atoms with Crippen molar-refractivity contribution >= 4 is 56.6 Å². The number of halogens is 6. The van der Waals surface area contributed by atoms with Crippen LogP contribution in [0.5, 0.6) is 0 Å². The third-order valence-corrected chi connectivity index (χ3v) is 14.2. The number of rotatable bonds is 9. The zero-order valence-electron chi connectivity index (χ0n) is 29.1. The summed E-state index contributed by atoms with van der Waals surface area (Å²) in [5, 5.41) is 5.87. The summed E-state index contributed by atoms with van der Waals surface area (Å²) < 4.78 is 59.2. The summed E-state index contributed by atoms with van der Waals surface area (Å²) in [7, 11) is -11.6. The molecule has 277 valence electrons. The molecular weight excluding hydrogens is 832 g/mol. The van der Waals surface area contributed by atoms with Crippen molar-refractivity contribution < 1.29 is 44.7 Å². The van der Waals surface area contributed by atoms with Gasteiger partial charge in [0.25, 0.3) is 0 Å². The van der Waals surface area contributed by atoms with Crippen LogP contribution < -0.4 is 21.2 Å². The number of thioether (sulfide) groups is 1. The number of hydrogen-bond acceptors (Lipinski definition) is 1. The Morgan fingerprint density at radius 2 is 0.654 bits per heavy atom. The number of hydrogen-bond donors (Lipinski definition) is 0. The summed E-state index contributed by atoms with van der Waals surface area (Å²) in [5.41, 5.74) is 2.51. The maximum atomic E-state index is 9.87. The van der Waals surface area contributed by atoms with Crippen molar-refractivity contribution in [2.45, 2.75) is 30.9 Å². The molecule has 0 aromatic heterocycles. The smallest absolute Gasteiger partial charge is 0.0312 e. The molecule has 5 aromatic rings. The third kappa shape index (κ3) is 19.3. The summed E-state index contributed by atoms with van der Waals surface area (Å²) in [4.78, 5) is 0. The van der Waals surface area contributed by atoms with Crippen LogP contribution >= 0.6 is 35.4 Å². The van der Waals surface area contributed by atoms with Gasteiger partial charge in [0.2, 0.25) is 0 Å². The van der Waals surface area contributed by atoms with Crippen molar-refractivity contribution in [2.75, 3.05) is 6.26 Å². The Kier molecular flexibility index (Phi) is 19.3. The first kappa shape index (κ1) is 46.1. The average molecular weight is 876 g/mol. The zero-order chi connectivity index (χ0) is 37.2. The quantitative estimate of drug-likeness (QED) is 0.0808. The van der Waals surface area contributed by atoms with Gasteiger partial charge in [-0.05, 0) is 92.3 Å². The molecule has 5 aromatic carbocycles. The Bertz CT molecular complexity index is 1460. The summed E-state index contributed by atoms with van der Waals surface area (Å²) in [6.45, 7) is 4.94. The predicted octanol–water partition coefficient (Wildman–Crippen LogP) is 13.0. The molecule has 1 aliphatic carbocycles. The van der Waals surface area contributed by atoms with Crippen LogP contribution in [-0.2, 0) is 25.2 Å². The molecule has 1 fully saturated rings. The summed E-state index contributed by atoms with van der Waals surface area (Å²) in [6.07, 6.45) is 12.1. The molecule has 0 unspecified atom stereocenters. The molecular formula is C41H43F6P3RuS+. The number of benzene rings is 5. The first-order valence-electron chi connectivity index (χ1n) is 16.2. The van der Waals surface area contributed by atoms with Gasteiger partial charge in [-0.15, -0.1) is 0 Å². The predicted molar refractivity (Wildman–Crippen MR) is 216 cm³/mol. The first-order chi connectivity index (χ1) is 24.1. The van der Waals surface area contributed by atoms with E-state index in [9.17, 15) is 25.2 Å². The third-order valence-electron chi connectivity index (χ3n) is 7.36. The fraction of sp³-hybridized carbons (Fsp3) is 0.146. The van der Waals surface area contributed by atoms with Gasteiger partial charge in [0.05, 0.1) is 0 Å². The molecule has 0 nitrogen and oxygen atoms in total. The molecule has 6 rings (SSSR count). The SMILES string of the molecule is CSCc1ccccc1.C[C@@H]([C@H](C)P(c1ccccc1)c1ccccc1)P(c1ccccc1)c1ccccc1.F[P-](F)(F)(F)(F)F.[CH]1[CH][CH][CH][CH]1.[Ru+2]. The average Bonchev–Trinajstić information content (AvgIpc) is 3.71. The van der Waals surface area contributed by atoms with Crippen LogP contribution in [-0.4, -0.2) is 17.6 Å². The molecule has 0 aliphatic heterocycles. The summed E-state index contributed by atoms with van der Waals surface area (Å²) in [6, 6.07) is 55.0. The molecule has 0 amide bonds. The van der Waals surface area contributed by atoms with Gasteiger partial charge in [0.15, 0.2) is 0 Å². The molecule has 0 spiro atoms. The van der Waals surface area contributed by atoms with Gasteiger partial charge in [-0.1, -0.05) is 166 Å². The standard InChI is InChI=1S/C28H28P2.C8H10S.C5H5.F6P.Ru/c1-23(29(25-15-7-3-8-16-25)26-17-9-4-10-18-26)24(2)30(27-19-11-5-12-20-27)28-21-13-6-14-22-28;1-9-7-8-5-3-2-4-6-8;1-2-4-5-3-1;1-7(2,3,4,5)6;/h3-24H,1-2H3;2-6H,7H2,1H3;1-5H;;/q;;;-1;+2/t23-,24-;;;;/m0..../s1. The van der Waals surface area contributed by atoms with E-state index in [0.29, 0.717) is 11.3 Å². The Balaban J connectivity index is 0.000000344. The molecule has 0 heterocycles. The van der Waals surface area contributed by atoms with Crippen LogP contribution in [0.25, 0.3) is 0 Å². The minimum Gasteiger partial charge on any atom is -0.0312 e. The Morgan fingerprint density at radius 3 is 0.865 bits per heavy atom. The second-order valence-electron chi connectivity index (χ2n) is 11.4. The van der Waals surface area contributed by atoms with E-state index < -0.39 is 23.7 Å². The van der Waals surface area contributed by atoms with Gasteiger partial charge >= 0.3 is 52.5 Å². The van der Waals surface area contributed by atoms with Crippen LogP contribution in [0.3, 0.4) is 0 Å². The fourth-order valence-corrected chi connectivity index (χ4v) is 11.7. The van der Waals surface area contributed by atoms with Gasteiger partial charge in [-0.2, -0.15) is 11.8 Å². The van der Waals surface area contributed by atoms with Crippen molar-refractivity contribution in [1.29, 1.82) is 0 Å². The molecule has 0 saturated heterocycles. The van der Waals surface area contributed by atoms with E-state index >= 15 is 0 Å². The van der Waals surface area contributed by atoms with E-state index in [4.69, 9.17) is 0 Å². The normalized spacial score (nSPS) is 14.8.